The van der Waals surface area contributed by atoms with Crippen molar-refractivity contribution in [1.29, 1.82) is 0 Å². The van der Waals surface area contributed by atoms with E-state index < -0.39 is 11.3 Å². The molecule has 0 bridgehead atoms. The van der Waals surface area contributed by atoms with Gasteiger partial charge in [0.15, 0.2) is 0 Å². The summed E-state index contributed by atoms with van der Waals surface area (Å²) in [5.41, 5.74) is 4.07. The van der Waals surface area contributed by atoms with Crippen LogP contribution in [0.5, 0.6) is 0 Å². The van der Waals surface area contributed by atoms with E-state index in [4.69, 9.17) is 5.73 Å². The topological polar surface area (TPSA) is 26.0 Å². The molecule has 0 saturated carbocycles. The molecule has 0 aromatic heterocycles. The van der Waals surface area contributed by atoms with Gasteiger partial charge in [0, 0.05) is 11.8 Å². The van der Waals surface area contributed by atoms with E-state index in [0.29, 0.717) is 0 Å². The van der Waals surface area contributed by atoms with Crippen molar-refractivity contribution in [3.8, 4) is 0 Å². The molecule has 0 aromatic rings. The molecule has 0 amide bonds. The summed E-state index contributed by atoms with van der Waals surface area (Å²) >= 11 is 0. The van der Waals surface area contributed by atoms with Gasteiger partial charge in [-0.1, -0.05) is 20.8 Å². The highest BCUT2D eigenvalue weighted by Gasteiger charge is 2.41. The van der Waals surface area contributed by atoms with Crippen molar-refractivity contribution in [2.75, 3.05) is 6.54 Å². The minimum absolute atomic E-state index is 0. The van der Waals surface area contributed by atoms with Crippen LogP contribution in [-0.2, 0) is 0 Å². The summed E-state index contributed by atoms with van der Waals surface area (Å²) in [5, 5.41) is 0. The second-order valence-corrected chi connectivity index (χ2v) is 3.49. The van der Waals surface area contributed by atoms with Gasteiger partial charge in [0.2, 0.25) is 0 Å². The molecule has 11 heavy (non-hydrogen) atoms. The van der Waals surface area contributed by atoms with Gasteiger partial charge in [0.25, 0.3) is 5.92 Å². The molecule has 1 nitrogen and oxygen atoms in total. The summed E-state index contributed by atoms with van der Waals surface area (Å²) in [7, 11) is 0. The SMILES string of the molecule is CC(C)(C)C(F)(F)CCN.Cl. The largest absolute Gasteiger partial charge is 0.330 e. The van der Waals surface area contributed by atoms with Crippen LogP contribution in [0.1, 0.15) is 27.2 Å². The maximum atomic E-state index is 12.9. The Labute approximate surface area is 72.8 Å². The Morgan fingerprint density at radius 3 is 1.64 bits per heavy atom. The number of halogens is 3. The minimum atomic E-state index is -2.64. The van der Waals surface area contributed by atoms with Crippen LogP contribution >= 0.6 is 12.4 Å². The molecule has 0 aliphatic heterocycles. The van der Waals surface area contributed by atoms with Crippen molar-refractivity contribution in [1.82, 2.24) is 0 Å². The molecule has 0 aromatic carbocycles. The summed E-state index contributed by atoms with van der Waals surface area (Å²) in [4.78, 5) is 0. The highest BCUT2D eigenvalue weighted by molar-refractivity contribution is 5.85. The summed E-state index contributed by atoms with van der Waals surface area (Å²) in [6, 6.07) is 0. The molecular formula is C7H16ClF2N. The summed E-state index contributed by atoms with van der Waals surface area (Å²) in [6.07, 6.45) is -0.226. The second-order valence-electron chi connectivity index (χ2n) is 3.49. The van der Waals surface area contributed by atoms with E-state index in [0.717, 1.165) is 0 Å². The lowest BCUT2D eigenvalue weighted by Crippen LogP contribution is -2.35. The Kier molecular flexibility index (Phi) is 5.24. The van der Waals surface area contributed by atoms with Gasteiger partial charge >= 0.3 is 0 Å². The summed E-state index contributed by atoms with van der Waals surface area (Å²) < 4.78 is 25.7. The van der Waals surface area contributed by atoms with Gasteiger partial charge in [-0.05, 0) is 6.54 Å². The quantitative estimate of drug-likeness (QED) is 0.706. The van der Waals surface area contributed by atoms with E-state index in [1.165, 1.54) is 20.8 Å². The first-order valence-corrected chi connectivity index (χ1v) is 3.39. The Balaban J connectivity index is 0. The third-order valence-corrected chi connectivity index (χ3v) is 1.56. The molecule has 2 N–H and O–H groups in total. The number of alkyl halides is 2. The van der Waals surface area contributed by atoms with Crippen LogP contribution in [0.15, 0.2) is 0 Å². The zero-order valence-corrected chi connectivity index (χ0v) is 7.97. The number of hydrogen-bond donors (Lipinski definition) is 1. The van der Waals surface area contributed by atoms with Crippen LogP contribution < -0.4 is 5.73 Å². The average molecular weight is 188 g/mol. The van der Waals surface area contributed by atoms with Crippen molar-refractivity contribution >= 4 is 12.4 Å². The molecule has 0 spiro atoms. The van der Waals surface area contributed by atoms with E-state index in [9.17, 15) is 8.78 Å². The van der Waals surface area contributed by atoms with E-state index in [1.807, 2.05) is 0 Å². The Morgan fingerprint density at radius 2 is 1.55 bits per heavy atom. The van der Waals surface area contributed by atoms with Crippen molar-refractivity contribution in [3.63, 3.8) is 0 Å². The number of rotatable bonds is 2. The zero-order chi connectivity index (χ0) is 8.41. The molecular weight excluding hydrogens is 172 g/mol. The standard InChI is InChI=1S/C7H15F2N.ClH/c1-6(2,3)7(8,9)4-5-10;/h4-5,10H2,1-3H3;1H. The van der Waals surface area contributed by atoms with Gasteiger partial charge in [0.05, 0.1) is 0 Å². The maximum absolute atomic E-state index is 12.9. The van der Waals surface area contributed by atoms with Crippen LogP contribution in [0.25, 0.3) is 0 Å². The fourth-order valence-electron chi connectivity index (χ4n) is 0.556. The molecule has 0 fully saturated rings. The molecule has 0 unspecified atom stereocenters. The van der Waals surface area contributed by atoms with Gasteiger partial charge in [-0.2, -0.15) is 0 Å². The maximum Gasteiger partial charge on any atom is 0.254 e. The molecule has 4 heteroatoms. The summed E-state index contributed by atoms with van der Waals surface area (Å²) in [6.45, 7) is 4.60. The van der Waals surface area contributed by atoms with Gasteiger partial charge in [-0.3, -0.25) is 0 Å². The van der Waals surface area contributed by atoms with Gasteiger partial charge in [-0.15, -0.1) is 12.4 Å². The number of nitrogens with two attached hydrogens (primary N) is 1. The predicted molar refractivity (Wildman–Crippen MR) is 45.3 cm³/mol. The average Bonchev–Trinajstić information content (AvgIpc) is 1.61. The molecule has 0 atom stereocenters. The van der Waals surface area contributed by atoms with Gasteiger partial charge < -0.3 is 5.73 Å². The molecule has 0 saturated heterocycles. The normalized spacial score (nSPS) is 12.5. The molecule has 0 heterocycles. The Hall–Kier alpha value is 0.110. The lowest BCUT2D eigenvalue weighted by molar-refractivity contribution is -0.100. The van der Waals surface area contributed by atoms with Crippen molar-refractivity contribution in [2.45, 2.75) is 33.1 Å². The van der Waals surface area contributed by atoms with Crippen molar-refractivity contribution < 1.29 is 8.78 Å². The third kappa shape index (κ3) is 3.87. The molecule has 70 valence electrons. The smallest absolute Gasteiger partial charge is 0.254 e. The van der Waals surface area contributed by atoms with Crippen LogP contribution in [0.3, 0.4) is 0 Å². The predicted octanol–water partition coefficient (Wildman–Crippen LogP) is 2.44. The molecule has 0 radical (unpaired) electrons. The first-order chi connectivity index (χ1) is 4.31. The van der Waals surface area contributed by atoms with Crippen molar-refractivity contribution in [3.05, 3.63) is 0 Å². The fraction of sp³-hybridized carbons (Fsp3) is 1.00. The highest BCUT2D eigenvalue weighted by atomic mass is 35.5. The second kappa shape index (κ2) is 4.21. The van der Waals surface area contributed by atoms with E-state index in [-0.39, 0.29) is 25.4 Å². The van der Waals surface area contributed by atoms with Gasteiger partial charge in [0.1, 0.15) is 0 Å². The van der Waals surface area contributed by atoms with Crippen molar-refractivity contribution in [2.24, 2.45) is 11.1 Å². The Morgan fingerprint density at radius 1 is 1.18 bits per heavy atom. The first kappa shape index (κ1) is 13.7. The lowest BCUT2D eigenvalue weighted by Gasteiger charge is -2.29. The summed E-state index contributed by atoms with van der Waals surface area (Å²) in [5.74, 6) is -2.64. The van der Waals surface area contributed by atoms with Crippen LogP contribution in [0, 0.1) is 5.41 Å². The third-order valence-electron chi connectivity index (χ3n) is 1.56. The van der Waals surface area contributed by atoms with E-state index in [1.54, 1.807) is 0 Å². The van der Waals surface area contributed by atoms with Crippen LogP contribution in [0.4, 0.5) is 8.78 Å². The molecule has 0 rings (SSSR count). The van der Waals surface area contributed by atoms with E-state index in [2.05, 4.69) is 0 Å². The van der Waals surface area contributed by atoms with Crippen LogP contribution in [0.2, 0.25) is 0 Å². The van der Waals surface area contributed by atoms with Crippen LogP contribution in [-0.4, -0.2) is 12.5 Å². The lowest BCUT2D eigenvalue weighted by atomic mass is 9.86. The first-order valence-electron chi connectivity index (χ1n) is 3.39. The minimum Gasteiger partial charge on any atom is -0.330 e. The monoisotopic (exact) mass is 187 g/mol. The van der Waals surface area contributed by atoms with Gasteiger partial charge in [-0.25, -0.2) is 8.78 Å². The molecule has 0 aliphatic carbocycles. The highest BCUT2D eigenvalue weighted by Crippen LogP contribution is 2.37. The number of hydrogen-bond acceptors (Lipinski definition) is 1. The Bertz CT molecular complexity index is 109. The fourth-order valence-corrected chi connectivity index (χ4v) is 0.556. The molecule has 0 aliphatic rings. The van der Waals surface area contributed by atoms with E-state index >= 15 is 0 Å². The zero-order valence-electron chi connectivity index (χ0n) is 7.16.